The number of H-pyrrole nitrogens is 1. The van der Waals surface area contributed by atoms with Crippen molar-refractivity contribution < 1.29 is 19.1 Å². The summed E-state index contributed by atoms with van der Waals surface area (Å²) in [4.78, 5) is 42.0. The number of esters is 1. The van der Waals surface area contributed by atoms with E-state index in [1.807, 2.05) is 18.7 Å². The van der Waals surface area contributed by atoms with Gasteiger partial charge >= 0.3 is 5.97 Å². The van der Waals surface area contributed by atoms with Gasteiger partial charge in [-0.05, 0) is 56.5 Å². The molecule has 0 spiro atoms. The van der Waals surface area contributed by atoms with Crippen LogP contribution in [0.15, 0.2) is 24.3 Å². The van der Waals surface area contributed by atoms with E-state index in [1.54, 1.807) is 38.1 Å². The minimum Gasteiger partial charge on any atom is -0.465 e. The Balaban J connectivity index is 2.15. The molecule has 2 rings (SSSR count). The van der Waals surface area contributed by atoms with Gasteiger partial charge in [-0.2, -0.15) is 0 Å². The van der Waals surface area contributed by atoms with Gasteiger partial charge in [0.1, 0.15) is 5.69 Å². The van der Waals surface area contributed by atoms with Gasteiger partial charge in [-0.25, -0.2) is 4.79 Å². The van der Waals surface area contributed by atoms with E-state index in [1.165, 1.54) is 7.11 Å². The van der Waals surface area contributed by atoms with Gasteiger partial charge < -0.3 is 19.9 Å². The normalized spacial score (nSPS) is 10.5. The zero-order chi connectivity index (χ0) is 21.6. The van der Waals surface area contributed by atoms with Crippen LogP contribution in [0.4, 0.5) is 5.69 Å². The molecule has 0 aliphatic rings. The topological polar surface area (TPSA) is 91.5 Å². The number of nitrogens with one attached hydrogen (secondary N) is 2. The van der Waals surface area contributed by atoms with E-state index in [0.717, 1.165) is 25.9 Å². The van der Waals surface area contributed by atoms with Crippen molar-refractivity contribution in [1.82, 2.24) is 9.88 Å². The molecule has 0 saturated carbocycles. The maximum absolute atomic E-state index is 12.6. The molecule has 1 aromatic carbocycles. The molecule has 0 aliphatic heterocycles. The van der Waals surface area contributed by atoms with Crippen LogP contribution in [0.2, 0.25) is 0 Å². The largest absolute Gasteiger partial charge is 0.465 e. The molecule has 0 bridgehead atoms. The molecule has 1 aromatic heterocycles. The van der Waals surface area contributed by atoms with Crippen molar-refractivity contribution in [3.8, 4) is 0 Å². The van der Waals surface area contributed by atoms with E-state index >= 15 is 0 Å². The smallest absolute Gasteiger partial charge is 0.339 e. The summed E-state index contributed by atoms with van der Waals surface area (Å²) in [5.41, 5.74) is 2.94. The predicted octanol–water partition coefficient (Wildman–Crippen LogP) is 3.93. The van der Waals surface area contributed by atoms with Crippen LogP contribution in [0.5, 0.6) is 0 Å². The van der Waals surface area contributed by atoms with Crippen LogP contribution in [0, 0.1) is 13.8 Å². The highest BCUT2D eigenvalue weighted by atomic mass is 16.5. The molecule has 1 heterocycles. The highest BCUT2D eigenvalue weighted by molar-refractivity contribution is 6.07. The van der Waals surface area contributed by atoms with Crippen molar-refractivity contribution in [2.45, 2.75) is 40.5 Å². The van der Waals surface area contributed by atoms with Crippen molar-refractivity contribution in [3.63, 3.8) is 0 Å². The molecule has 7 nitrogen and oxygen atoms in total. The maximum atomic E-state index is 12.6. The Morgan fingerprint density at radius 2 is 1.62 bits per heavy atom. The highest BCUT2D eigenvalue weighted by Gasteiger charge is 2.22. The molecule has 7 heteroatoms. The van der Waals surface area contributed by atoms with Crippen molar-refractivity contribution in [2.75, 3.05) is 25.5 Å². The minimum atomic E-state index is -0.484. The highest BCUT2D eigenvalue weighted by Crippen LogP contribution is 2.20. The van der Waals surface area contributed by atoms with Crippen LogP contribution >= 0.6 is 0 Å². The summed E-state index contributed by atoms with van der Waals surface area (Å²) in [7, 11) is 1.30. The number of nitrogens with zero attached hydrogens (tertiary/aromatic N) is 1. The average molecular weight is 399 g/mol. The molecule has 0 radical (unpaired) electrons. The minimum absolute atomic E-state index is 0.00914. The monoisotopic (exact) mass is 399 g/mol. The fourth-order valence-electron chi connectivity index (χ4n) is 3.31. The number of aromatic amines is 1. The average Bonchev–Trinajstić information content (AvgIpc) is 3.01. The van der Waals surface area contributed by atoms with Crippen molar-refractivity contribution in [2.24, 2.45) is 0 Å². The van der Waals surface area contributed by atoms with Crippen LogP contribution in [0.3, 0.4) is 0 Å². The molecule has 156 valence electrons. The number of ether oxygens (including phenoxy) is 1. The van der Waals surface area contributed by atoms with Gasteiger partial charge in [0.25, 0.3) is 11.8 Å². The second-order valence-electron chi connectivity index (χ2n) is 6.94. The number of aromatic nitrogens is 1. The molecule has 29 heavy (non-hydrogen) atoms. The Morgan fingerprint density at radius 3 is 2.14 bits per heavy atom. The van der Waals surface area contributed by atoms with E-state index in [4.69, 9.17) is 4.74 Å². The van der Waals surface area contributed by atoms with Gasteiger partial charge in [-0.1, -0.05) is 13.8 Å². The Morgan fingerprint density at radius 1 is 1.03 bits per heavy atom. The predicted molar refractivity (Wildman–Crippen MR) is 112 cm³/mol. The number of carbonyl (C=O) groups excluding carboxylic acids is 3. The second kappa shape index (κ2) is 9.91. The van der Waals surface area contributed by atoms with Crippen molar-refractivity contribution in [1.29, 1.82) is 0 Å². The third-order valence-corrected chi connectivity index (χ3v) is 4.72. The molecular formula is C22H29N3O4. The number of hydrogen-bond donors (Lipinski definition) is 2. The molecule has 0 saturated heterocycles. The molecule has 2 aromatic rings. The summed E-state index contributed by atoms with van der Waals surface area (Å²) in [5, 5.41) is 2.80. The fourth-order valence-corrected chi connectivity index (χ4v) is 3.31. The number of rotatable bonds is 8. The van der Waals surface area contributed by atoms with Crippen molar-refractivity contribution in [3.05, 3.63) is 52.3 Å². The Labute approximate surface area is 171 Å². The summed E-state index contributed by atoms with van der Waals surface area (Å²) >= 11 is 0. The number of carbonyl (C=O) groups is 3. The molecule has 0 aliphatic carbocycles. The van der Waals surface area contributed by atoms with Gasteiger partial charge in [0.05, 0.1) is 12.7 Å². The summed E-state index contributed by atoms with van der Waals surface area (Å²) in [6, 6.07) is 6.83. The van der Waals surface area contributed by atoms with Gasteiger partial charge in [0.15, 0.2) is 0 Å². The van der Waals surface area contributed by atoms with Crippen LogP contribution in [0.1, 0.15) is 69.2 Å². The lowest BCUT2D eigenvalue weighted by Crippen LogP contribution is -2.32. The third-order valence-electron chi connectivity index (χ3n) is 4.72. The number of amides is 2. The standard InChI is InChI=1S/C22H29N3O4/c1-6-12-25(13-7-2)21(27)16-8-10-17(11-9-16)24-20(26)19-14(3)18(15(4)23-19)22(28)29-5/h8-11,23H,6-7,12-13H2,1-5H3,(H,24,26). The summed E-state index contributed by atoms with van der Waals surface area (Å²) in [6.07, 6.45) is 1.81. The van der Waals surface area contributed by atoms with E-state index in [0.29, 0.717) is 33.8 Å². The first-order valence-corrected chi connectivity index (χ1v) is 9.82. The van der Waals surface area contributed by atoms with Crippen molar-refractivity contribution >= 4 is 23.5 Å². The number of hydrogen-bond acceptors (Lipinski definition) is 4. The van der Waals surface area contributed by atoms with Gasteiger partial charge in [-0.15, -0.1) is 0 Å². The molecule has 0 fully saturated rings. The molecular weight excluding hydrogens is 370 g/mol. The van der Waals surface area contributed by atoms with E-state index < -0.39 is 5.97 Å². The molecule has 2 N–H and O–H groups in total. The van der Waals surface area contributed by atoms with Crippen LogP contribution in [0.25, 0.3) is 0 Å². The number of benzene rings is 1. The molecule has 0 atom stereocenters. The quantitative estimate of drug-likeness (QED) is 0.658. The lowest BCUT2D eigenvalue weighted by atomic mass is 10.1. The van der Waals surface area contributed by atoms with E-state index in [9.17, 15) is 14.4 Å². The van der Waals surface area contributed by atoms with Gasteiger partial charge in [0, 0.05) is 30.0 Å². The lowest BCUT2D eigenvalue weighted by Gasteiger charge is -2.21. The number of methoxy groups -OCH3 is 1. The Kier molecular flexibility index (Phi) is 7.59. The van der Waals surface area contributed by atoms with Crippen LogP contribution < -0.4 is 5.32 Å². The zero-order valence-corrected chi connectivity index (χ0v) is 17.7. The van der Waals surface area contributed by atoms with E-state index in [2.05, 4.69) is 10.3 Å². The fraction of sp³-hybridized carbons (Fsp3) is 0.409. The third kappa shape index (κ3) is 5.04. The zero-order valence-electron chi connectivity index (χ0n) is 17.7. The number of aryl methyl sites for hydroxylation is 1. The van der Waals surface area contributed by atoms with E-state index in [-0.39, 0.29) is 11.8 Å². The maximum Gasteiger partial charge on any atom is 0.339 e. The molecule has 2 amide bonds. The summed E-state index contributed by atoms with van der Waals surface area (Å²) in [5.74, 6) is -0.856. The SMILES string of the molecule is CCCN(CCC)C(=O)c1ccc(NC(=O)c2[nH]c(C)c(C(=O)OC)c2C)cc1. The number of anilines is 1. The van der Waals surface area contributed by atoms with Crippen LogP contribution in [-0.2, 0) is 4.74 Å². The second-order valence-corrected chi connectivity index (χ2v) is 6.94. The first-order chi connectivity index (χ1) is 13.8. The lowest BCUT2D eigenvalue weighted by molar-refractivity contribution is 0.0599. The first kappa shape index (κ1) is 22.2. The van der Waals surface area contributed by atoms with Gasteiger partial charge in [0.2, 0.25) is 0 Å². The van der Waals surface area contributed by atoms with Crippen LogP contribution in [-0.4, -0.2) is 47.9 Å². The van der Waals surface area contributed by atoms with Gasteiger partial charge in [-0.3, -0.25) is 9.59 Å². The Hall–Kier alpha value is -3.09. The summed E-state index contributed by atoms with van der Waals surface area (Å²) < 4.78 is 4.77. The summed E-state index contributed by atoms with van der Waals surface area (Å²) in [6.45, 7) is 8.95. The first-order valence-electron chi connectivity index (χ1n) is 9.82. The Bertz CT molecular complexity index is 878. The molecule has 0 unspecified atom stereocenters.